The molecule has 56 valence electrons. The molecule has 0 aromatic carbocycles. The SMILES string of the molecule is Cc1cncc2ccc(Br)n12. The van der Waals surface area contributed by atoms with Crippen LogP contribution in [0.25, 0.3) is 5.52 Å². The van der Waals surface area contributed by atoms with Gasteiger partial charge in [-0.2, -0.15) is 0 Å². The molecule has 0 amide bonds. The van der Waals surface area contributed by atoms with E-state index in [1.165, 1.54) is 0 Å². The van der Waals surface area contributed by atoms with Gasteiger partial charge in [0, 0.05) is 11.9 Å². The van der Waals surface area contributed by atoms with Gasteiger partial charge in [0.15, 0.2) is 0 Å². The molecule has 0 saturated carbocycles. The van der Waals surface area contributed by atoms with Crippen LogP contribution in [0.3, 0.4) is 0 Å². The fourth-order valence-electron chi connectivity index (χ4n) is 1.18. The summed E-state index contributed by atoms with van der Waals surface area (Å²) in [6.45, 7) is 2.03. The van der Waals surface area contributed by atoms with Crippen LogP contribution in [0.2, 0.25) is 0 Å². The number of halogens is 1. The number of hydrogen-bond acceptors (Lipinski definition) is 1. The van der Waals surface area contributed by atoms with E-state index in [1.54, 1.807) is 0 Å². The van der Waals surface area contributed by atoms with Crippen LogP contribution in [0.15, 0.2) is 29.1 Å². The number of hydrogen-bond donors (Lipinski definition) is 0. The predicted molar refractivity (Wildman–Crippen MR) is 47.6 cm³/mol. The Morgan fingerprint density at radius 1 is 1.36 bits per heavy atom. The van der Waals surface area contributed by atoms with Gasteiger partial charge in [0.1, 0.15) is 0 Å². The summed E-state index contributed by atoms with van der Waals surface area (Å²) in [7, 11) is 0. The smallest absolute Gasteiger partial charge is 0.0895 e. The summed E-state index contributed by atoms with van der Waals surface area (Å²) in [5.74, 6) is 0. The van der Waals surface area contributed by atoms with Crippen molar-refractivity contribution in [3.05, 3.63) is 34.8 Å². The van der Waals surface area contributed by atoms with Gasteiger partial charge in [-0.15, -0.1) is 0 Å². The Morgan fingerprint density at radius 3 is 2.91 bits per heavy atom. The average Bonchev–Trinajstić information content (AvgIpc) is 2.34. The quantitative estimate of drug-likeness (QED) is 0.653. The average molecular weight is 211 g/mol. The third kappa shape index (κ3) is 0.959. The molecule has 0 N–H and O–H groups in total. The highest BCUT2D eigenvalue weighted by atomic mass is 79.9. The Hall–Kier alpha value is -0.830. The van der Waals surface area contributed by atoms with Gasteiger partial charge in [-0.1, -0.05) is 0 Å². The van der Waals surface area contributed by atoms with Gasteiger partial charge < -0.3 is 4.40 Å². The van der Waals surface area contributed by atoms with Crippen LogP contribution in [0, 0.1) is 6.92 Å². The number of aryl methyl sites for hydroxylation is 1. The summed E-state index contributed by atoms with van der Waals surface area (Å²) in [4.78, 5) is 4.08. The van der Waals surface area contributed by atoms with Crippen LogP contribution in [-0.4, -0.2) is 9.38 Å². The third-order valence-electron chi connectivity index (χ3n) is 1.68. The maximum Gasteiger partial charge on any atom is 0.0895 e. The Morgan fingerprint density at radius 2 is 2.18 bits per heavy atom. The molecule has 0 unspecified atom stereocenters. The van der Waals surface area contributed by atoms with Crippen molar-refractivity contribution in [2.45, 2.75) is 6.92 Å². The van der Waals surface area contributed by atoms with Crippen molar-refractivity contribution in [3.63, 3.8) is 0 Å². The number of fused-ring (bicyclic) bond motifs is 1. The highest BCUT2D eigenvalue weighted by Gasteiger charge is 1.99. The van der Waals surface area contributed by atoms with Crippen molar-refractivity contribution in [2.75, 3.05) is 0 Å². The van der Waals surface area contributed by atoms with Gasteiger partial charge in [-0.3, -0.25) is 4.98 Å². The summed E-state index contributed by atoms with van der Waals surface area (Å²) in [6, 6.07) is 4.05. The highest BCUT2D eigenvalue weighted by Crippen LogP contribution is 2.16. The topological polar surface area (TPSA) is 17.3 Å². The first-order chi connectivity index (χ1) is 5.29. The molecule has 3 heteroatoms. The monoisotopic (exact) mass is 210 g/mol. The van der Waals surface area contributed by atoms with E-state index in [0.717, 1.165) is 15.8 Å². The first kappa shape index (κ1) is 6.85. The Bertz CT molecular complexity index is 392. The molecule has 0 aliphatic heterocycles. The van der Waals surface area contributed by atoms with Crippen LogP contribution < -0.4 is 0 Å². The van der Waals surface area contributed by atoms with E-state index in [1.807, 2.05) is 31.5 Å². The molecule has 2 heterocycles. The maximum absolute atomic E-state index is 4.08. The van der Waals surface area contributed by atoms with Crippen molar-refractivity contribution in [1.82, 2.24) is 9.38 Å². The van der Waals surface area contributed by atoms with Gasteiger partial charge in [0.05, 0.1) is 16.3 Å². The molecular formula is C8H7BrN2. The second kappa shape index (κ2) is 2.34. The van der Waals surface area contributed by atoms with E-state index < -0.39 is 0 Å². The molecule has 2 aromatic rings. The highest BCUT2D eigenvalue weighted by molar-refractivity contribution is 9.10. The second-order valence-electron chi connectivity index (χ2n) is 2.46. The van der Waals surface area contributed by atoms with E-state index in [2.05, 4.69) is 25.3 Å². The zero-order chi connectivity index (χ0) is 7.84. The lowest BCUT2D eigenvalue weighted by molar-refractivity contribution is 1.03. The summed E-state index contributed by atoms with van der Waals surface area (Å²) >= 11 is 3.45. The normalized spacial score (nSPS) is 10.7. The van der Waals surface area contributed by atoms with E-state index in [-0.39, 0.29) is 0 Å². The summed E-state index contributed by atoms with van der Waals surface area (Å²) in [6.07, 6.45) is 3.69. The molecule has 2 nitrogen and oxygen atoms in total. The van der Waals surface area contributed by atoms with Gasteiger partial charge in [0.25, 0.3) is 0 Å². The molecule has 0 fully saturated rings. The molecule has 2 rings (SSSR count). The molecule has 0 saturated heterocycles. The second-order valence-corrected chi connectivity index (χ2v) is 3.28. The van der Waals surface area contributed by atoms with Gasteiger partial charge in [0.2, 0.25) is 0 Å². The first-order valence-corrected chi connectivity index (χ1v) is 4.16. The lowest BCUT2D eigenvalue weighted by Gasteiger charge is -1.99. The third-order valence-corrected chi connectivity index (χ3v) is 2.30. The lowest BCUT2D eigenvalue weighted by Crippen LogP contribution is -1.90. The molecule has 0 aliphatic rings. The molecule has 0 spiro atoms. The van der Waals surface area contributed by atoms with Crippen LogP contribution in [0.1, 0.15) is 5.69 Å². The van der Waals surface area contributed by atoms with E-state index in [4.69, 9.17) is 0 Å². The molecule has 0 aliphatic carbocycles. The molecule has 11 heavy (non-hydrogen) atoms. The number of aromatic nitrogens is 2. The Balaban J connectivity index is 2.96. The van der Waals surface area contributed by atoms with E-state index in [9.17, 15) is 0 Å². The minimum absolute atomic E-state index is 1.08. The lowest BCUT2D eigenvalue weighted by atomic mass is 10.5. The molecule has 2 aromatic heterocycles. The van der Waals surface area contributed by atoms with Crippen molar-refractivity contribution < 1.29 is 0 Å². The molecule has 0 bridgehead atoms. The molecule has 0 atom stereocenters. The predicted octanol–water partition coefficient (Wildman–Crippen LogP) is 2.41. The fourth-order valence-corrected chi connectivity index (χ4v) is 1.80. The largest absolute Gasteiger partial charge is 0.305 e. The van der Waals surface area contributed by atoms with Gasteiger partial charge in [-0.05, 0) is 35.0 Å². The van der Waals surface area contributed by atoms with Crippen LogP contribution >= 0.6 is 15.9 Å². The van der Waals surface area contributed by atoms with Crippen molar-refractivity contribution >= 4 is 21.4 Å². The van der Waals surface area contributed by atoms with E-state index in [0.29, 0.717) is 0 Å². The zero-order valence-electron chi connectivity index (χ0n) is 6.08. The summed E-state index contributed by atoms with van der Waals surface area (Å²) in [5, 5.41) is 0. The molecule has 0 radical (unpaired) electrons. The minimum atomic E-state index is 1.08. The van der Waals surface area contributed by atoms with Crippen molar-refractivity contribution in [1.29, 1.82) is 0 Å². The van der Waals surface area contributed by atoms with Gasteiger partial charge >= 0.3 is 0 Å². The van der Waals surface area contributed by atoms with E-state index >= 15 is 0 Å². The molecular weight excluding hydrogens is 204 g/mol. The van der Waals surface area contributed by atoms with Crippen LogP contribution in [0.4, 0.5) is 0 Å². The first-order valence-electron chi connectivity index (χ1n) is 3.36. The summed E-state index contributed by atoms with van der Waals surface area (Å²) in [5.41, 5.74) is 2.26. The standard InChI is InChI=1S/C8H7BrN2/c1-6-4-10-5-7-2-3-8(9)11(6)7/h2-5H,1H3. The maximum atomic E-state index is 4.08. The van der Waals surface area contributed by atoms with Crippen molar-refractivity contribution in [2.24, 2.45) is 0 Å². The summed E-state index contributed by atoms with van der Waals surface area (Å²) < 4.78 is 3.18. The van der Waals surface area contributed by atoms with Crippen LogP contribution in [0.5, 0.6) is 0 Å². The van der Waals surface area contributed by atoms with Crippen molar-refractivity contribution in [3.8, 4) is 0 Å². The van der Waals surface area contributed by atoms with Gasteiger partial charge in [-0.25, -0.2) is 0 Å². The Labute approximate surface area is 73.0 Å². The zero-order valence-corrected chi connectivity index (χ0v) is 7.67. The minimum Gasteiger partial charge on any atom is -0.305 e. The number of nitrogens with zero attached hydrogens (tertiary/aromatic N) is 2. The van der Waals surface area contributed by atoms with Crippen LogP contribution in [-0.2, 0) is 0 Å². The Kier molecular flexibility index (Phi) is 1.46. The fraction of sp³-hybridized carbons (Fsp3) is 0.125. The number of rotatable bonds is 0.